The molecule has 8 nitrogen and oxygen atoms in total. The summed E-state index contributed by atoms with van der Waals surface area (Å²) in [5.41, 5.74) is 0.428. The summed E-state index contributed by atoms with van der Waals surface area (Å²) in [6.07, 6.45) is 0. The number of nitrogens with zero attached hydrogens (tertiary/aromatic N) is 2. The molecular weight excluding hydrogens is 404 g/mol. The maximum absolute atomic E-state index is 12.9. The van der Waals surface area contributed by atoms with Crippen LogP contribution in [0.15, 0.2) is 53.4 Å². The van der Waals surface area contributed by atoms with Crippen molar-refractivity contribution < 1.29 is 26.4 Å². The molecule has 0 saturated heterocycles. The minimum atomic E-state index is -3.91. The molecule has 1 amide bonds. The lowest BCUT2D eigenvalue weighted by molar-refractivity contribution is 0.0883. The fraction of sp³-hybridized carbons (Fsp3) is 0.278. The molecule has 0 N–H and O–H groups in total. The molecule has 2 aromatic rings. The smallest absolute Gasteiger partial charge is 0.267 e. The molecule has 0 radical (unpaired) electrons. The van der Waals surface area contributed by atoms with Gasteiger partial charge in [0.1, 0.15) is 5.75 Å². The minimum Gasteiger partial charge on any atom is -0.495 e. The molecule has 0 aliphatic rings. The summed E-state index contributed by atoms with van der Waals surface area (Å²) in [6, 6.07) is 11.8. The zero-order valence-electron chi connectivity index (χ0n) is 16.0. The van der Waals surface area contributed by atoms with Crippen molar-refractivity contribution in [2.75, 3.05) is 31.3 Å². The summed E-state index contributed by atoms with van der Waals surface area (Å²) in [6.45, 7) is 1.43. The topological polar surface area (TPSA) is 101 Å². The first-order valence-electron chi connectivity index (χ1n) is 8.29. The van der Waals surface area contributed by atoms with E-state index in [0.717, 1.165) is 4.31 Å². The van der Waals surface area contributed by atoms with E-state index < -0.39 is 26.0 Å². The monoisotopic (exact) mass is 426 g/mol. The standard InChI is InChI=1S/C18H22N2O6S2/c1-5-27(22,23)20(3)18(21)14-10-12-15(13-11-14)28(24,25)19(2)16-8-6-7-9-17(16)26-4/h6-13H,5H2,1-4H3. The molecule has 0 heterocycles. The summed E-state index contributed by atoms with van der Waals surface area (Å²) in [5.74, 6) is -0.554. The second-order valence-corrected chi connectivity index (χ2v) is 10.1. The van der Waals surface area contributed by atoms with E-state index in [0.29, 0.717) is 15.7 Å². The Balaban J connectivity index is 2.35. The molecule has 2 rings (SSSR count). The predicted octanol–water partition coefficient (Wildman–Crippen LogP) is 1.94. The van der Waals surface area contributed by atoms with Crippen molar-refractivity contribution in [3.8, 4) is 5.75 Å². The SMILES string of the molecule is CCS(=O)(=O)N(C)C(=O)c1ccc(S(=O)(=O)N(C)c2ccccc2OC)cc1. The zero-order chi connectivity index (χ0) is 21.1. The number of anilines is 1. The van der Waals surface area contributed by atoms with E-state index >= 15 is 0 Å². The number of carbonyl (C=O) groups is 1. The molecular formula is C18H22N2O6S2. The molecule has 0 aliphatic heterocycles. The molecule has 0 aromatic heterocycles. The van der Waals surface area contributed by atoms with Crippen molar-refractivity contribution in [3.05, 3.63) is 54.1 Å². The summed E-state index contributed by atoms with van der Waals surface area (Å²) in [5, 5.41) is 0. The van der Waals surface area contributed by atoms with Crippen LogP contribution in [-0.4, -0.2) is 54.0 Å². The van der Waals surface area contributed by atoms with Crippen LogP contribution in [0.2, 0.25) is 0 Å². The maximum atomic E-state index is 12.9. The lowest BCUT2D eigenvalue weighted by Gasteiger charge is -2.22. The van der Waals surface area contributed by atoms with Crippen molar-refractivity contribution in [3.63, 3.8) is 0 Å². The molecule has 2 aromatic carbocycles. The van der Waals surface area contributed by atoms with Gasteiger partial charge in [-0.05, 0) is 43.3 Å². The number of hydrogen-bond acceptors (Lipinski definition) is 6. The Labute approximate surface area is 165 Å². The number of amides is 1. The molecule has 0 aliphatic carbocycles. The van der Waals surface area contributed by atoms with E-state index in [2.05, 4.69) is 0 Å². The van der Waals surface area contributed by atoms with Gasteiger partial charge in [0, 0.05) is 19.7 Å². The number of sulfonamides is 2. The molecule has 152 valence electrons. The van der Waals surface area contributed by atoms with E-state index in [4.69, 9.17) is 4.74 Å². The van der Waals surface area contributed by atoms with Gasteiger partial charge in [0.15, 0.2) is 0 Å². The lowest BCUT2D eigenvalue weighted by Crippen LogP contribution is -2.34. The van der Waals surface area contributed by atoms with Gasteiger partial charge in [-0.15, -0.1) is 0 Å². The fourth-order valence-corrected chi connectivity index (χ4v) is 4.40. The molecule has 0 unspecified atom stereocenters. The van der Waals surface area contributed by atoms with Gasteiger partial charge in [0.2, 0.25) is 10.0 Å². The lowest BCUT2D eigenvalue weighted by atomic mass is 10.2. The minimum absolute atomic E-state index is 0.0431. The fourth-order valence-electron chi connectivity index (χ4n) is 2.45. The van der Waals surface area contributed by atoms with Crippen molar-refractivity contribution >= 4 is 31.6 Å². The van der Waals surface area contributed by atoms with E-state index in [1.165, 1.54) is 52.4 Å². The van der Waals surface area contributed by atoms with Gasteiger partial charge in [0.05, 0.1) is 23.4 Å². The van der Waals surface area contributed by atoms with Crippen LogP contribution in [0.4, 0.5) is 5.69 Å². The van der Waals surface area contributed by atoms with Crippen molar-refractivity contribution in [1.82, 2.24) is 4.31 Å². The quantitative estimate of drug-likeness (QED) is 0.671. The van der Waals surface area contributed by atoms with Crippen molar-refractivity contribution in [2.24, 2.45) is 0 Å². The van der Waals surface area contributed by atoms with Crippen LogP contribution in [-0.2, 0) is 20.0 Å². The molecule has 10 heteroatoms. The van der Waals surface area contributed by atoms with E-state index in [9.17, 15) is 21.6 Å². The van der Waals surface area contributed by atoms with Crippen LogP contribution in [0.5, 0.6) is 5.75 Å². The van der Waals surface area contributed by atoms with Gasteiger partial charge in [-0.25, -0.2) is 21.1 Å². The van der Waals surface area contributed by atoms with Gasteiger partial charge in [0.25, 0.3) is 15.9 Å². The third-order valence-corrected chi connectivity index (χ3v) is 7.77. The van der Waals surface area contributed by atoms with Gasteiger partial charge in [-0.2, -0.15) is 0 Å². The number of para-hydroxylation sites is 2. The van der Waals surface area contributed by atoms with Gasteiger partial charge >= 0.3 is 0 Å². The molecule has 0 atom stereocenters. The highest BCUT2D eigenvalue weighted by Gasteiger charge is 2.26. The number of ether oxygens (including phenoxy) is 1. The van der Waals surface area contributed by atoms with E-state index in [1.54, 1.807) is 24.3 Å². The normalized spacial score (nSPS) is 11.7. The van der Waals surface area contributed by atoms with E-state index in [1.807, 2.05) is 0 Å². The van der Waals surface area contributed by atoms with Crippen LogP contribution in [0.1, 0.15) is 17.3 Å². The molecule has 0 fully saturated rings. The van der Waals surface area contributed by atoms with Crippen LogP contribution in [0.3, 0.4) is 0 Å². The Morgan fingerprint density at radius 3 is 2.07 bits per heavy atom. The highest BCUT2D eigenvalue weighted by molar-refractivity contribution is 7.92. The highest BCUT2D eigenvalue weighted by Crippen LogP contribution is 2.30. The first-order chi connectivity index (χ1) is 13.1. The van der Waals surface area contributed by atoms with Gasteiger partial charge in [-0.3, -0.25) is 9.10 Å². The average molecular weight is 427 g/mol. The predicted molar refractivity (Wildman–Crippen MR) is 107 cm³/mol. The summed E-state index contributed by atoms with van der Waals surface area (Å²) in [7, 11) is -3.60. The average Bonchev–Trinajstić information content (AvgIpc) is 2.71. The van der Waals surface area contributed by atoms with Crippen molar-refractivity contribution in [1.29, 1.82) is 0 Å². The first kappa shape index (κ1) is 21.7. The van der Waals surface area contributed by atoms with Crippen LogP contribution < -0.4 is 9.04 Å². The number of rotatable bonds is 7. The molecule has 0 saturated carbocycles. The Hall–Kier alpha value is -2.59. The molecule has 0 spiro atoms. The Bertz CT molecular complexity index is 1060. The van der Waals surface area contributed by atoms with Gasteiger partial charge in [-0.1, -0.05) is 12.1 Å². The third-order valence-electron chi connectivity index (χ3n) is 4.25. The largest absolute Gasteiger partial charge is 0.495 e. The van der Waals surface area contributed by atoms with E-state index in [-0.39, 0.29) is 16.2 Å². The van der Waals surface area contributed by atoms with Gasteiger partial charge < -0.3 is 4.74 Å². The summed E-state index contributed by atoms with van der Waals surface area (Å²) in [4.78, 5) is 12.3. The number of hydrogen-bond donors (Lipinski definition) is 0. The third kappa shape index (κ3) is 4.12. The zero-order valence-corrected chi connectivity index (χ0v) is 17.6. The van der Waals surface area contributed by atoms with Crippen LogP contribution >= 0.6 is 0 Å². The Morgan fingerprint density at radius 1 is 0.964 bits per heavy atom. The number of carbonyl (C=O) groups excluding carboxylic acids is 1. The number of benzene rings is 2. The van der Waals surface area contributed by atoms with Crippen LogP contribution in [0.25, 0.3) is 0 Å². The second-order valence-electron chi connectivity index (χ2n) is 5.84. The first-order valence-corrected chi connectivity index (χ1v) is 11.3. The Kier molecular flexibility index (Phi) is 6.35. The second kappa shape index (κ2) is 8.19. The maximum Gasteiger partial charge on any atom is 0.267 e. The summed E-state index contributed by atoms with van der Waals surface area (Å²) < 4.78 is 56.4. The Morgan fingerprint density at radius 2 is 1.54 bits per heavy atom. The van der Waals surface area contributed by atoms with Crippen LogP contribution in [0, 0.1) is 0 Å². The highest BCUT2D eigenvalue weighted by atomic mass is 32.2. The molecule has 28 heavy (non-hydrogen) atoms. The number of methoxy groups -OCH3 is 1. The molecule has 0 bridgehead atoms. The van der Waals surface area contributed by atoms with Crippen molar-refractivity contribution in [2.45, 2.75) is 11.8 Å². The summed E-state index contributed by atoms with van der Waals surface area (Å²) >= 11 is 0.